The topological polar surface area (TPSA) is 75.4 Å². The van der Waals surface area contributed by atoms with Gasteiger partial charge in [0.1, 0.15) is 5.82 Å². The lowest BCUT2D eigenvalue weighted by Gasteiger charge is -2.27. The van der Waals surface area contributed by atoms with Crippen molar-refractivity contribution in [3.63, 3.8) is 0 Å². The van der Waals surface area contributed by atoms with E-state index in [1.54, 1.807) is 21.7 Å². The minimum Gasteiger partial charge on any atom is -0.481 e. The average molecular weight is 345 g/mol. The number of carbonyl (C=O) groups is 2. The van der Waals surface area contributed by atoms with Crippen LogP contribution in [0, 0.1) is 25.6 Å². The van der Waals surface area contributed by atoms with E-state index in [0.717, 1.165) is 17.0 Å². The Hall–Kier alpha value is -2.70. The zero-order valence-electron chi connectivity index (χ0n) is 14.4. The number of benzene rings is 1. The molecule has 0 aliphatic carbocycles. The second-order valence-corrected chi connectivity index (χ2v) is 6.44. The fourth-order valence-electron chi connectivity index (χ4n) is 3.49. The van der Waals surface area contributed by atoms with Crippen LogP contribution in [0.1, 0.15) is 35.0 Å². The van der Waals surface area contributed by atoms with Crippen LogP contribution in [-0.4, -0.2) is 31.7 Å². The van der Waals surface area contributed by atoms with Crippen molar-refractivity contribution in [2.75, 3.05) is 0 Å². The molecule has 6 nitrogen and oxygen atoms in total. The zero-order chi connectivity index (χ0) is 18.3. The SMILES string of the molecule is Cc1nn(C)c(C)c1CN1C(=O)C[C@H](C(=O)O)[C@@H]1c1ccc(F)cc1. The molecule has 1 fully saturated rings. The van der Waals surface area contributed by atoms with E-state index >= 15 is 0 Å². The van der Waals surface area contributed by atoms with Gasteiger partial charge in [-0.15, -0.1) is 0 Å². The molecule has 0 saturated carbocycles. The van der Waals surface area contributed by atoms with E-state index in [1.807, 2.05) is 20.9 Å². The summed E-state index contributed by atoms with van der Waals surface area (Å²) >= 11 is 0. The normalized spacial score (nSPS) is 20.3. The molecule has 3 rings (SSSR count). The number of amides is 1. The number of aromatic nitrogens is 2. The van der Waals surface area contributed by atoms with Crippen molar-refractivity contribution >= 4 is 11.9 Å². The summed E-state index contributed by atoms with van der Waals surface area (Å²) < 4.78 is 15.0. The number of carbonyl (C=O) groups excluding carboxylic acids is 1. The molecule has 1 aliphatic heterocycles. The quantitative estimate of drug-likeness (QED) is 0.923. The lowest BCUT2D eigenvalue weighted by atomic mass is 9.93. The van der Waals surface area contributed by atoms with E-state index in [4.69, 9.17) is 0 Å². The molecule has 0 unspecified atom stereocenters. The van der Waals surface area contributed by atoms with Crippen LogP contribution >= 0.6 is 0 Å². The minimum atomic E-state index is -1.02. The molecular formula is C18H20FN3O3. The lowest BCUT2D eigenvalue weighted by molar-refractivity contribution is -0.142. The molecule has 0 bridgehead atoms. The number of aliphatic carboxylic acids is 1. The number of likely N-dealkylation sites (tertiary alicyclic amines) is 1. The van der Waals surface area contributed by atoms with Gasteiger partial charge in [-0.2, -0.15) is 5.10 Å². The molecule has 2 atom stereocenters. The van der Waals surface area contributed by atoms with Crippen molar-refractivity contribution < 1.29 is 19.1 Å². The molecule has 0 spiro atoms. The number of halogens is 1. The van der Waals surface area contributed by atoms with Crippen LogP contribution in [0.3, 0.4) is 0 Å². The molecule has 1 aromatic carbocycles. The number of nitrogens with zero attached hydrogens (tertiary/aromatic N) is 3. The second kappa shape index (κ2) is 6.31. The largest absolute Gasteiger partial charge is 0.481 e. The lowest BCUT2D eigenvalue weighted by Crippen LogP contribution is -2.30. The van der Waals surface area contributed by atoms with Gasteiger partial charge in [0.05, 0.1) is 17.7 Å². The van der Waals surface area contributed by atoms with Crippen LogP contribution in [0.15, 0.2) is 24.3 Å². The van der Waals surface area contributed by atoms with Crippen molar-refractivity contribution in [1.29, 1.82) is 0 Å². The predicted octanol–water partition coefficient (Wildman–Crippen LogP) is 2.35. The first kappa shape index (κ1) is 17.1. The van der Waals surface area contributed by atoms with Crippen molar-refractivity contribution in [3.8, 4) is 0 Å². The van der Waals surface area contributed by atoms with Crippen LogP contribution in [0.5, 0.6) is 0 Å². The molecule has 1 amide bonds. The molecule has 2 heterocycles. The summed E-state index contributed by atoms with van der Waals surface area (Å²) in [5.74, 6) is -2.49. The maximum absolute atomic E-state index is 13.3. The Morgan fingerprint density at radius 2 is 1.96 bits per heavy atom. The first-order valence-corrected chi connectivity index (χ1v) is 8.06. The smallest absolute Gasteiger partial charge is 0.309 e. The third-order valence-electron chi connectivity index (χ3n) is 4.95. The first-order chi connectivity index (χ1) is 11.8. The highest BCUT2D eigenvalue weighted by Crippen LogP contribution is 2.39. The fourth-order valence-corrected chi connectivity index (χ4v) is 3.49. The number of hydrogen-bond acceptors (Lipinski definition) is 3. The van der Waals surface area contributed by atoms with Gasteiger partial charge in [-0.3, -0.25) is 14.3 Å². The van der Waals surface area contributed by atoms with Crippen molar-refractivity contribution in [2.24, 2.45) is 13.0 Å². The van der Waals surface area contributed by atoms with E-state index in [2.05, 4.69) is 5.10 Å². The summed E-state index contributed by atoms with van der Waals surface area (Å²) in [6.07, 6.45) is -0.0598. The molecule has 1 N–H and O–H groups in total. The van der Waals surface area contributed by atoms with Gasteiger partial charge in [-0.1, -0.05) is 12.1 Å². The summed E-state index contributed by atoms with van der Waals surface area (Å²) in [7, 11) is 1.83. The van der Waals surface area contributed by atoms with Gasteiger partial charge >= 0.3 is 5.97 Å². The Morgan fingerprint density at radius 3 is 2.48 bits per heavy atom. The number of carboxylic acid groups (broad SMARTS) is 1. The number of carboxylic acids is 1. The number of aryl methyl sites for hydroxylation is 2. The summed E-state index contributed by atoms with van der Waals surface area (Å²) in [6, 6.07) is 5.05. The van der Waals surface area contributed by atoms with Gasteiger partial charge in [0.25, 0.3) is 0 Å². The summed E-state index contributed by atoms with van der Waals surface area (Å²) in [5, 5.41) is 13.9. The number of hydrogen-bond donors (Lipinski definition) is 1. The number of rotatable bonds is 4. The van der Waals surface area contributed by atoms with E-state index in [0.29, 0.717) is 5.56 Å². The van der Waals surface area contributed by atoms with Crippen LogP contribution in [0.4, 0.5) is 4.39 Å². The predicted molar refractivity (Wildman–Crippen MR) is 88.1 cm³/mol. The Labute approximate surface area is 144 Å². The maximum atomic E-state index is 13.3. The molecule has 1 saturated heterocycles. The highest BCUT2D eigenvalue weighted by atomic mass is 19.1. The monoisotopic (exact) mass is 345 g/mol. The molecular weight excluding hydrogens is 325 g/mol. The summed E-state index contributed by atoms with van der Waals surface area (Å²) in [4.78, 5) is 25.8. The molecule has 132 valence electrons. The Balaban J connectivity index is 2.01. The van der Waals surface area contributed by atoms with Crippen molar-refractivity contribution in [1.82, 2.24) is 14.7 Å². The molecule has 1 aliphatic rings. The van der Waals surface area contributed by atoms with Gasteiger partial charge < -0.3 is 10.0 Å². The van der Waals surface area contributed by atoms with Gasteiger partial charge in [0.2, 0.25) is 5.91 Å². The third kappa shape index (κ3) is 3.01. The van der Waals surface area contributed by atoms with E-state index < -0.39 is 23.7 Å². The average Bonchev–Trinajstić information content (AvgIpc) is 3.00. The van der Waals surface area contributed by atoms with E-state index in [9.17, 15) is 19.1 Å². The Kier molecular flexibility index (Phi) is 4.32. The van der Waals surface area contributed by atoms with Crippen molar-refractivity contribution in [2.45, 2.75) is 32.9 Å². The van der Waals surface area contributed by atoms with Gasteiger partial charge in [0, 0.05) is 31.3 Å². The highest BCUT2D eigenvalue weighted by molar-refractivity contribution is 5.87. The highest BCUT2D eigenvalue weighted by Gasteiger charge is 2.45. The molecule has 0 radical (unpaired) electrons. The van der Waals surface area contributed by atoms with Gasteiger partial charge in [0.15, 0.2) is 0 Å². The standard InChI is InChI=1S/C18H20FN3O3/c1-10-15(11(2)21(3)20-10)9-22-16(23)8-14(18(24)25)17(22)12-4-6-13(19)7-5-12/h4-7,14,17H,8-9H2,1-3H3,(H,24,25)/t14-,17-/m0/s1. The van der Waals surface area contributed by atoms with Crippen LogP contribution in [-0.2, 0) is 23.2 Å². The van der Waals surface area contributed by atoms with Crippen LogP contribution < -0.4 is 0 Å². The van der Waals surface area contributed by atoms with Crippen molar-refractivity contribution in [3.05, 3.63) is 52.6 Å². The Morgan fingerprint density at radius 1 is 1.32 bits per heavy atom. The summed E-state index contributed by atoms with van der Waals surface area (Å²) in [5.41, 5.74) is 3.28. The molecule has 2 aromatic rings. The Bertz CT molecular complexity index is 829. The van der Waals surface area contributed by atoms with Gasteiger partial charge in [-0.05, 0) is 31.5 Å². The third-order valence-corrected chi connectivity index (χ3v) is 4.95. The minimum absolute atomic E-state index is 0.0598. The first-order valence-electron chi connectivity index (χ1n) is 8.06. The van der Waals surface area contributed by atoms with E-state index in [1.165, 1.54) is 12.1 Å². The fraction of sp³-hybridized carbons (Fsp3) is 0.389. The van der Waals surface area contributed by atoms with E-state index in [-0.39, 0.29) is 18.9 Å². The molecule has 25 heavy (non-hydrogen) atoms. The van der Waals surface area contributed by atoms with Crippen LogP contribution in [0.25, 0.3) is 0 Å². The maximum Gasteiger partial charge on any atom is 0.309 e. The zero-order valence-corrected chi connectivity index (χ0v) is 14.4. The van der Waals surface area contributed by atoms with Crippen LogP contribution in [0.2, 0.25) is 0 Å². The summed E-state index contributed by atoms with van der Waals surface area (Å²) in [6.45, 7) is 4.07. The van der Waals surface area contributed by atoms with Gasteiger partial charge in [-0.25, -0.2) is 4.39 Å². The second-order valence-electron chi connectivity index (χ2n) is 6.44. The molecule has 7 heteroatoms. The molecule has 1 aromatic heterocycles.